The molecule has 0 saturated heterocycles. The van der Waals surface area contributed by atoms with Gasteiger partial charge in [0, 0.05) is 18.7 Å². The van der Waals surface area contributed by atoms with Crippen molar-refractivity contribution in [3.8, 4) is 17.2 Å². The Bertz CT molecular complexity index is 1460. The van der Waals surface area contributed by atoms with Crippen LogP contribution in [-0.2, 0) is 26.2 Å². The quantitative estimate of drug-likeness (QED) is 0.296. The van der Waals surface area contributed by atoms with Gasteiger partial charge in [0.05, 0.1) is 31.9 Å². The highest BCUT2D eigenvalue weighted by atomic mass is 32.2. The Kier molecular flexibility index (Phi) is 11.2. The standard InChI is InChI=1S/C31H39N3O7S/c1-7-22(2)32-31(36)23(3)33(20-24-12-11-15-26(18-24)39-4)30(35)21-34(25-13-9-8-10-14-25)42(37,38)27-16-17-28(40-5)29(19-27)41-6/h8-19,22-23H,7,20-21H2,1-6H3,(H,32,36)/t22-,23-/m0/s1. The Morgan fingerprint density at radius 3 is 2.17 bits per heavy atom. The molecule has 2 atom stereocenters. The van der Waals surface area contributed by atoms with Crippen LogP contribution in [0.1, 0.15) is 32.8 Å². The summed E-state index contributed by atoms with van der Waals surface area (Å²) in [6.07, 6.45) is 0.716. The van der Waals surface area contributed by atoms with Crippen LogP contribution in [0.4, 0.5) is 5.69 Å². The van der Waals surface area contributed by atoms with Crippen molar-refractivity contribution in [3.05, 3.63) is 78.4 Å². The maximum Gasteiger partial charge on any atom is 0.264 e. The smallest absolute Gasteiger partial charge is 0.264 e. The van der Waals surface area contributed by atoms with Crippen LogP contribution in [0.2, 0.25) is 0 Å². The molecule has 3 aromatic rings. The number of rotatable bonds is 14. The zero-order valence-corrected chi connectivity index (χ0v) is 25.7. The number of ether oxygens (including phenoxy) is 3. The molecule has 0 unspecified atom stereocenters. The summed E-state index contributed by atoms with van der Waals surface area (Å²) < 4.78 is 45.1. The molecule has 0 radical (unpaired) electrons. The number of nitrogens with zero attached hydrogens (tertiary/aromatic N) is 2. The second-order valence-electron chi connectivity index (χ2n) is 9.73. The predicted molar refractivity (Wildman–Crippen MR) is 161 cm³/mol. The van der Waals surface area contributed by atoms with E-state index in [2.05, 4.69) is 5.32 Å². The number of para-hydroxylation sites is 1. The third kappa shape index (κ3) is 7.73. The Morgan fingerprint density at radius 1 is 0.857 bits per heavy atom. The Balaban J connectivity index is 2.05. The molecule has 0 fully saturated rings. The molecule has 0 aliphatic heterocycles. The molecule has 226 valence electrons. The number of hydrogen-bond acceptors (Lipinski definition) is 7. The van der Waals surface area contributed by atoms with Crippen LogP contribution < -0.4 is 23.8 Å². The van der Waals surface area contributed by atoms with Gasteiger partial charge in [-0.1, -0.05) is 37.3 Å². The minimum atomic E-state index is -4.26. The third-order valence-electron chi connectivity index (χ3n) is 6.92. The molecule has 2 amide bonds. The van der Waals surface area contributed by atoms with Gasteiger partial charge in [0.15, 0.2) is 11.5 Å². The molecule has 42 heavy (non-hydrogen) atoms. The fraction of sp³-hybridized carbons (Fsp3) is 0.355. The van der Waals surface area contributed by atoms with Crippen molar-refractivity contribution in [1.82, 2.24) is 10.2 Å². The van der Waals surface area contributed by atoms with Crippen molar-refractivity contribution in [2.75, 3.05) is 32.2 Å². The molecular weight excluding hydrogens is 558 g/mol. The number of nitrogens with one attached hydrogen (secondary N) is 1. The average molecular weight is 598 g/mol. The Morgan fingerprint density at radius 2 is 1.55 bits per heavy atom. The van der Waals surface area contributed by atoms with Crippen LogP contribution in [-0.4, -0.2) is 65.1 Å². The zero-order chi connectivity index (χ0) is 30.9. The number of amides is 2. The predicted octanol–water partition coefficient (Wildman–Crippen LogP) is 4.24. The van der Waals surface area contributed by atoms with Crippen molar-refractivity contribution in [1.29, 1.82) is 0 Å². The van der Waals surface area contributed by atoms with Crippen molar-refractivity contribution in [3.63, 3.8) is 0 Å². The van der Waals surface area contributed by atoms with Crippen LogP contribution in [0, 0.1) is 0 Å². The van der Waals surface area contributed by atoms with E-state index in [1.807, 2.05) is 19.9 Å². The number of benzene rings is 3. The van der Waals surface area contributed by atoms with Gasteiger partial charge < -0.3 is 24.4 Å². The summed E-state index contributed by atoms with van der Waals surface area (Å²) in [6.45, 7) is 4.97. The number of sulfonamides is 1. The molecule has 0 aliphatic carbocycles. The summed E-state index contributed by atoms with van der Waals surface area (Å²) in [5.74, 6) is 0.294. The van der Waals surface area contributed by atoms with Crippen molar-refractivity contribution >= 4 is 27.5 Å². The van der Waals surface area contributed by atoms with Gasteiger partial charge in [0.2, 0.25) is 11.8 Å². The highest BCUT2D eigenvalue weighted by Gasteiger charge is 2.33. The number of anilines is 1. The molecule has 0 aliphatic rings. The Hall–Kier alpha value is -4.25. The lowest BCUT2D eigenvalue weighted by Crippen LogP contribution is -2.52. The summed E-state index contributed by atoms with van der Waals surface area (Å²) in [4.78, 5) is 28.5. The second-order valence-corrected chi connectivity index (χ2v) is 11.6. The SMILES string of the molecule is CC[C@H](C)NC(=O)[C@H](C)N(Cc1cccc(OC)c1)C(=O)CN(c1ccccc1)S(=O)(=O)c1ccc(OC)c(OC)c1. The first-order valence-corrected chi connectivity index (χ1v) is 15.0. The summed E-state index contributed by atoms with van der Waals surface area (Å²) >= 11 is 0. The molecule has 3 rings (SSSR count). The lowest BCUT2D eigenvalue weighted by atomic mass is 10.1. The van der Waals surface area contributed by atoms with Gasteiger partial charge in [-0.3, -0.25) is 13.9 Å². The molecule has 0 aromatic heterocycles. The summed E-state index contributed by atoms with van der Waals surface area (Å²) in [5, 5.41) is 2.92. The van der Waals surface area contributed by atoms with E-state index in [4.69, 9.17) is 14.2 Å². The van der Waals surface area contributed by atoms with E-state index in [0.717, 1.165) is 9.87 Å². The van der Waals surface area contributed by atoms with Gasteiger partial charge in [0.25, 0.3) is 10.0 Å². The van der Waals surface area contributed by atoms with E-state index in [1.165, 1.54) is 37.3 Å². The van der Waals surface area contributed by atoms with Gasteiger partial charge in [-0.25, -0.2) is 8.42 Å². The van der Waals surface area contributed by atoms with Gasteiger partial charge in [0.1, 0.15) is 18.3 Å². The average Bonchev–Trinajstić information content (AvgIpc) is 3.01. The zero-order valence-electron chi connectivity index (χ0n) is 24.9. The van der Waals surface area contributed by atoms with E-state index in [9.17, 15) is 18.0 Å². The van der Waals surface area contributed by atoms with E-state index in [1.54, 1.807) is 62.6 Å². The first-order valence-electron chi connectivity index (χ1n) is 13.6. The van der Waals surface area contributed by atoms with Crippen LogP contribution in [0.3, 0.4) is 0 Å². The highest BCUT2D eigenvalue weighted by molar-refractivity contribution is 7.92. The number of methoxy groups -OCH3 is 3. The van der Waals surface area contributed by atoms with E-state index >= 15 is 0 Å². The second kappa shape index (κ2) is 14.6. The number of carbonyl (C=O) groups is 2. The van der Waals surface area contributed by atoms with Gasteiger partial charge in [-0.05, 0) is 62.2 Å². The molecular formula is C31H39N3O7S. The van der Waals surface area contributed by atoms with Gasteiger partial charge >= 0.3 is 0 Å². The number of carbonyl (C=O) groups excluding carboxylic acids is 2. The first-order chi connectivity index (χ1) is 20.0. The minimum Gasteiger partial charge on any atom is -0.497 e. The fourth-order valence-corrected chi connectivity index (χ4v) is 5.67. The van der Waals surface area contributed by atoms with Crippen LogP contribution in [0.15, 0.2) is 77.7 Å². The molecule has 11 heteroatoms. The maximum absolute atomic E-state index is 14.1. The molecule has 0 spiro atoms. The van der Waals surface area contributed by atoms with Crippen molar-refractivity contribution < 1.29 is 32.2 Å². The van der Waals surface area contributed by atoms with Crippen LogP contribution in [0.5, 0.6) is 17.2 Å². The van der Waals surface area contributed by atoms with Crippen LogP contribution >= 0.6 is 0 Å². The van der Waals surface area contributed by atoms with Crippen molar-refractivity contribution in [2.24, 2.45) is 0 Å². The molecule has 0 bridgehead atoms. The summed E-state index contributed by atoms with van der Waals surface area (Å²) in [5.41, 5.74) is 1.01. The van der Waals surface area contributed by atoms with Crippen molar-refractivity contribution in [2.45, 2.75) is 50.7 Å². The normalized spacial score (nSPS) is 12.5. The Labute approximate surface area is 248 Å². The highest BCUT2D eigenvalue weighted by Crippen LogP contribution is 2.32. The molecule has 10 nitrogen and oxygen atoms in total. The first kappa shape index (κ1) is 32.3. The molecule has 0 heterocycles. The van der Waals surface area contributed by atoms with Gasteiger partial charge in [-0.15, -0.1) is 0 Å². The topological polar surface area (TPSA) is 114 Å². The monoisotopic (exact) mass is 597 g/mol. The van der Waals surface area contributed by atoms with Crippen LogP contribution in [0.25, 0.3) is 0 Å². The minimum absolute atomic E-state index is 0.0597. The lowest BCUT2D eigenvalue weighted by Gasteiger charge is -2.32. The largest absolute Gasteiger partial charge is 0.497 e. The molecule has 1 N–H and O–H groups in total. The van der Waals surface area contributed by atoms with E-state index in [-0.39, 0.29) is 29.1 Å². The summed E-state index contributed by atoms with van der Waals surface area (Å²) in [7, 11) is 0.146. The molecule has 0 saturated carbocycles. The molecule has 3 aromatic carbocycles. The number of hydrogen-bond donors (Lipinski definition) is 1. The van der Waals surface area contributed by atoms with Gasteiger partial charge in [-0.2, -0.15) is 0 Å². The van der Waals surface area contributed by atoms with E-state index < -0.39 is 28.5 Å². The fourth-order valence-electron chi connectivity index (χ4n) is 4.24. The maximum atomic E-state index is 14.1. The lowest BCUT2D eigenvalue weighted by molar-refractivity contribution is -0.139. The third-order valence-corrected chi connectivity index (χ3v) is 8.69. The summed E-state index contributed by atoms with van der Waals surface area (Å²) in [6, 6.07) is 18.8. The van der Waals surface area contributed by atoms with E-state index in [0.29, 0.717) is 23.6 Å².